The summed E-state index contributed by atoms with van der Waals surface area (Å²) in [7, 11) is 0. The molecule has 1 N–H and O–H groups in total. The van der Waals surface area contributed by atoms with Crippen molar-refractivity contribution in [1.82, 2.24) is 10.3 Å². The largest absolute Gasteiger partial charge is 0.305 e. The normalized spacial score (nSPS) is 20.9. The van der Waals surface area contributed by atoms with Crippen LogP contribution in [-0.4, -0.2) is 22.5 Å². The maximum Gasteiger partial charge on any atom is 0.109 e. The van der Waals surface area contributed by atoms with E-state index in [4.69, 9.17) is 0 Å². The van der Waals surface area contributed by atoms with Crippen molar-refractivity contribution in [1.29, 1.82) is 0 Å². The first-order valence-electron chi connectivity index (χ1n) is 5.09. The Balaban J connectivity index is 1.84. The second-order valence-corrected chi connectivity index (χ2v) is 5.80. The minimum Gasteiger partial charge on any atom is -0.305 e. The summed E-state index contributed by atoms with van der Waals surface area (Å²) in [5.41, 5.74) is 0. The van der Waals surface area contributed by atoms with Gasteiger partial charge in [-0.3, -0.25) is 0 Å². The van der Waals surface area contributed by atoms with Crippen molar-refractivity contribution in [2.45, 2.75) is 31.8 Å². The fourth-order valence-electron chi connectivity index (χ4n) is 1.74. The molecule has 2 nitrogen and oxygen atoms in total. The predicted molar refractivity (Wildman–Crippen MR) is 64.0 cm³/mol. The van der Waals surface area contributed by atoms with Crippen LogP contribution in [0.25, 0.3) is 0 Å². The van der Waals surface area contributed by atoms with Gasteiger partial charge in [0.05, 0.1) is 6.04 Å². The van der Waals surface area contributed by atoms with E-state index >= 15 is 0 Å². The van der Waals surface area contributed by atoms with Gasteiger partial charge in [0.25, 0.3) is 0 Å². The Labute approximate surface area is 93.5 Å². The zero-order chi connectivity index (χ0) is 9.80. The summed E-state index contributed by atoms with van der Waals surface area (Å²) in [6, 6.07) is 1.12. The fraction of sp³-hybridized carbons (Fsp3) is 0.700. The van der Waals surface area contributed by atoms with Gasteiger partial charge < -0.3 is 5.32 Å². The molecule has 0 radical (unpaired) electrons. The number of nitrogens with one attached hydrogen (secondary N) is 1. The molecule has 0 saturated carbocycles. The molecule has 1 aliphatic heterocycles. The summed E-state index contributed by atoms with van der Waals surface area (Å²) in [4.78, 5) is 4.33. The zero-order valence-electron chi connectivity index (χ0n) is 8.40. The maximum atomic E-state index is 4.33. The van der Waals surface area contributed by atoms with Crippen molar-refractivity contribution in [3.8, 4) is 0 Å². The van der Waals surface area contributed by atoms with Crippen molar-refractivity contribution in [2.24, 2.45) is 0 Å². The third kappa shape index (κ3) is 2.72. The van der Waals surface area contributed by atoms with Gasteiger partial charge in [0.2, 0.25) is 0 Å². The van der Waals surface area contributed by atoms with Gasteiger partial charge in [-0.1, -0.05) is 0 Å². The molecule has 0 bridgehead atoms. The monoisotopic (exact) mass is 228 g/mol. The van der Waals surface area contributed by atoms with Crippen LogP contribution in [0.4, 0.5) is 0 Å². The Bertz CT molecular complexity index is 255. The van der Waals surface area contributed by atoms with Crippen LogP contribution in [0.15, 0.2) is 11.6 Å². The number of nitrogens with zero attached hydrogens (tertiary/aromatic N) is 1. The number of thiazole rings is 1. The summed E-state index contributed by atoms with van der Waals surface area (Å²) < 4.78 is 0. The average molecular weight is 228 g/mol. The molecule has 2 rings (SSSR count). The third-order valence-corrected chi connectivity index (χ3v) is 4.54. The number of hydrogen-bond donors (Lipinski definition) is 1. The molecule has 78 valence electrons. The molecule has 1 aromatic heterocycles. The molecule has 1 saturated heterocycles. The van der Waals surface area contributed by atoms with Gasteiger partial charge in [0, 0.05) is 17.6 Å². The highest BCUT2D eigenvalue weighted by molar-refractivity contribution is 7.99. The topological polar surface area (TPSA) is 24.9 Å². The lowest BCUT2D eigenvalue weighted by Crippen LogP contribution is -2.34. The van der Waals surface area contributed by atoms with Crippen LogP contribution >= 0.6 is 23.1 Å². The van der Waals surface area contributed by atoms with Crippen molar-refractivity contribution < 1.29 is 0 Å². The fourth-order valence-corrected chi connectivity index (χ4v) is 3.50. The SMILES string of the molecule is CC(NC1CCSCC1)c1nccs1. The summed E-state index contributed by atoms with van der Waals surface area (Å²) in [5, 5.41) is 6.91. The standard InChI is InChI=1S/C10H16N2S2/c1-8(10-11-4-7-14-10)12-9-2-5-13-6-3-9/h4,7-9,12H,2-3,5-6H2,1H3. The highest BCUT2D eigenvalue weighted by atomic mass is 32.2. The van der Waals surface area contributed by atoms with Crippen LogP contribution in [0.3, 0.4) is 0 Å². The van der Waals surface area contributed by atoms with E-state index in [0.717, 1.165) is 0 Å². The van der Waals surface area contributed by atoms with Crippen molar-refractivity contribution >= 4 is 23.1 Å². The average Bonchev–Trinajstić information content (AvgIpc) is 2.72. The van der Waals surface area contributed by atoms with Crippen LogP contribution in [0, 0.1) is 0 Å². The van der Waals surface area contributed by atoms with E-state index in [1.807, 2.05) is 11.6 Å². The molecule has 1 atom stereocenters. The van der Waals surface area contributed by atoms with E-state index in [2.05, 4.69) is 29.0 Å². The smallest absolute Gasteiger partial charge is 0.109 e. The number of aromatic nitrogens is 1. The summed E-state index contributed by atoms with van der Waals surface area (Å²) in [6.07, 6.45) is 4.50. The Morgan fingerprint density at radius 3 is 2.93 bits per heavy atom. The van der Waals surface area contributed by atoms with Crippen molar-refractivity contribution in [3.05, 3.63) is 16.6 Å². The maximum absolute atomic E-state index is 4.33. The number of thioether (sulfide) groups is 1. The Morgan fingerprint density at radius 1 is 1.50 bits per heavy atom. The van der Waals surface area contributed by atoms with Gasteiger partial charge in [0.15, 0.2) is 0 Å². The quantitative estimate of drug-likeness (QED) is 0.861. The summed E-state index contributed by atoms with van der Waals surface area (Å²) in [6.45, 7) is 2.21. The minimum atomic E-state index is 0.420. The number of hydrogen-bond acceptors (Lipinski definition) is 4. The van der Waals surface area contributed by atoms with Crippen molar-refractivity contribution in [2.75, 3.05) is 11.5 Å². The van der Waals surface area contributed by atoms with E-state index in [0.29, 0.717) is 12.1 Å². The van der Waals surface area contributed by atoms with Crippen LogP contribution in [0.2, 0.25) is 0 Å². The molecular formula is C10H16N2S2. The lowest BCUT2D eigenvalue weighted by atomic mass is 10.1. The van der Waals surface area contributed by atoms with Gasteiger partial charge in [-0.2, -0.15) is 11.8 Å². The van der Waals surface area contributed by atoms with E-state index in [-0.39, 0.29) is 0 Å². The second-order valence-electron chi connectivity index (χ2n) is 3.65. The Morgan fingerprint density at radius 2 is 2.29 bits per heavy atom. The molecule has 1 fully saturated rings. The lowest BCUT2D eigenvalue weighted by Gasteiger charge is -2.25. The molecule has 1 aromatic rings. The van der Waals surface area contributed by atoms with Crippen LogP contribution in [0.1, 0.15) is 30.8 Å². The zero-order valence-corrected chi connectivity index (χ0v) is 10.0. The predicted octanol–water partition coefficient (Wildman–Crippen LogP) is 2.69. The molecule has 0 spiro atoms. The van der Waals surface area contributed by atoms with Gasteiger partial charge in [-0.15, -0.1) is 11.3 Å². The van der Waals surface area contributed by atoms with Gasteiger partial charge >= 0.3 is 0 Å². The van der Waals surface area contributed by atoms with E-state index in [9.17, 15) is 0 Å². The first-order chi connectivity index (χ1) is 6.86. The van der Waals surface area contributed by atoms with E-state index < -0.39 is 0 Å². The summed E-state index contributed by atoms with van der Waals surface area (Å²) in [5.74, 6) is 2.62. The molecule has 1 aliphatic rings. The van der Waals surface area contributed by atoms with E-state index in [1.165, 1.54) is 29.4 Å². The van der Waals surface area contributed by atoms with Gasteiger partial charge in [-0.25, -0.2) is 4.98 Å². The Kier molecular flexibility index (Phi) is 3.84. The molecule has 14 heavy (non-hydrogen) atoms. The lowest BCUT2D eigenvalue weighted by molar-refractivity contribution is 0.430. The van der Waals surface area contributed by atoms with Crippen LogP contribution < -0.4 is 5.32 Å². The second kappa shape index (κ2) is 5.14. The molecule has 0 aliphatic carbocycles. The molecule has 4 heteroatoms. The summed E-state index contributed by atoms with van der Waals surface area (Å²) >= 11 is 3.81. The molecule has 0 amide bonds. The van der Waals surface area contributed by atoms with Gasteiger partial charge in [-0.05, 0) is 31.3 Å². The third-order valence-electron chi connectivity index (χ3n) is 2.53. The van der Waals surface area contributed by atoms with Crippen molar-refractivity contribution in [3.63, 3.8) is 0 Å². The Hall–Kier alpha value is -0.0600. The first kappa shape index (κ1) is 10.5. The minimum absolute atomic E-state index is 0.420. The van der Waals surface area contributed by atoms with E-state index in [1.54, 1.807) is 11.3 Å². The highest BCUT2D eigenvalue weighted by Gasteiger charge is 2.17. The molecule has 1 unspecified atom stereocenters. The van der Waals surface area contributed by atoms with Gasteiger partial charge in [0.1, 0.15) is 5.01 Å². The highest BCUT2D eigenvalue weighted by Crippen LogP contribution is 2.21. The molecule has 0 aromatic carbocycles. The molecular weight excluding hydrogens is 212 g/mol. The van der Waals surface area contributed by atoms with Crippen LogP contribution in [-0.2, 0) is 0 Å². The molecule has 2 heterocycles. The first-order valence-corrected chi connectivity index (χ1v) is 7.13. The number of rotatable bonds is 3. The van der Waals surface area contributed by atoms with Crippen LogP contribution in [0.5, 0.6) is 0 Å².